The minimum Gasteiger partial charge on any atom is -0.332 e. The number of rotatable bonds is 6. The van der Waals surface area contributed by atoms with Crippen molar-refractivity contribution in [1.82, 2.24) is 4.90 Å². The summed E-state index contributed by atoms with van der Waals surface area (Å²) in [6.45, 7) is 1.66. The quantitative estimate of drug-likeness (QED) is 0.746. The van der Waals surface area contributed by atoms with Gasteiger partial charge in [-0.25, -0.2) is 17.2 Å². The van der Waals surface area contributed by atoms with Crippen molar-refractivity contribution < 1.29 is 22.0 Å². The number of benzene rings is 1. The molecule has 0 radical (unpaired) electrons. The van der Waals surface area contributed by atoms with E-state index in [0.717, 1.165) is 43.4 Å². The molecule has 0 aromatic heterocycles. The highest BCUT2D eigenvalue weighted by Gasteiger charge is 2.35. The van der Waals surface area contributed by atoms with Crippen molar-refractivity contribution in [2.75, 3.05) is 12.0 Å². The summed E-state index contributed by atoms with van der Waals surface area (Å²) in [6, 6.07) is 2.97. The van der Waals surface area contributed by atoms with Crippen LogP contribution in [0.25, 0.3) is 6.08 Å². The van der Waals surface area contributed by atoms with Gasteiger partial charge in [-0.3, -0.25) is 4.79 Å². The average Bonchev–Trinajstić information content (AvgIpc) is 3.20. The number of hydrogen-bond acceptors (Lipinski definition) is 3. The lowest BCUT2D eigenvalue weighted by atomic mass is 10.1. The molecule has 0 bridgehead atoms. The Bertz CT molecular complexity index is 707. The van der Waals surface area contributed by atoms with Gasteiger partial charge in [0.2, 0.25) is 5.91 Å². The van der Waals surface area contributed by atoms with Crippen molar-refractivity contribution in [3.8, 4) is 0 Å². The molecule has 1 aliphatic carbocycles. The van der Waals surface area contributed by atoms with Crippen LogP contribution in [0.2, 0.25) is 0 Å². The van der Waals surface area contributed by atoms with Crippen LogP contribution in [0.5, 0.6) is 0 Å². The van der Waals surface area contributed by atoms with Gasteiger partial charge in [0.1, 0.15) is 21.5 Å². The summed E-state index contributed by atoms with van der Waals surface area (Å²) in [5, 5.41) is 0. The minimum absolute atomic E-state index is 0.00522. The van der Waals surface area contributed by atoms with Crippen molar-refractivity contribution in [1.29, 1.82) is 0 Å². The average molecular weight is 343 g/mol. The molecule has 4 nitrogen and oxygen atoms in total. The molecule has 1 aromatic rings. The topological polar surface area (TPSA) is 54.5 Å². The van der Waals surface area contributed by atoms with Crippen LogP contribution >= 0.6 is 0 Å². The minimum atomic E-state index is -3.23. The van der Waals surface area contributed by atoms with E-state index in [9.17, 15) is 22.0 Å². The first-order valence-electron chi connectivity index (χ1n) is 7.31. The maximum atomic E-state index is 13.6. The molecule has 0 saturated heterocycles. The number of carbonyl (C=O) groups is 1. The Kier molecular flexibility index (Phi) is 5.19. The molecule has 126 valence electrons. The van der Waals surface area contributed by atoms with Gasteiger partial charge >= 0.3 is 0 Å². The van der Waals surface area contributed by atoms with Crippen LogP contribution in [0.4, 0.5) is 8.78 Å². The summed E-state index contributed by atoms with van der Waals surface area (Å²) in [7, 11) is -3.23. The predicted octanol–water partition coefficient (Wildman–Crippen LogP) is 2.40. The molecule has 1 saturated carbocycles. The molecule has 0 spiro atoms. The van der Waals surface area contributed by atoms with Gasteiger partial charge in [-0.15, -0.1) is 0 Å². The highest BCUT2D eigenvalue weighted by molar-refractivity contribution is 7.90. The lowest BCUT2D eigenvalue weighted by Gasteiger charge is -2.27. The maximum Gasteiger partial charge on any atom is 0.247 e. The standard InChI is InChI=1S/C16H19F2NO3S/c1-11(10-23(2,21)22)19(12-6-7-12)16(20)9-8-13-14(17)4-3-5-15(13)18/h3-5,8-9,11-12H,6-7,10H2,1-2H3/b9-8-/t11-/m1/s1. The van der Waals surface area contributed by atoms with E-state index in [1.54, 1.807) is 6.92 Å². The van der Waals surface area contributed by atoms with Crippen molar-refractivity contribution in [3.63, 3.8) is 0 Å². The van der Waals surface area contributed by atoms with Crippen LogP contribution in [-0.4, -0.2) is 43.3 Å². The van der Waals surface area contributed by atoms with Gasteiger partial charge < -0.3 is 4.90 Å². The van der Waals surface area contributed by atoms with Crippen LogP contribution in [-0.2, 0) is 14.6 Å². The highest BCUT2D eigenvalue weighted by Crippen LogP contribution is 2.29. The fraction of sp³-hybridized carbons (Fsp3) is 0.438. The molecular weight excluding hydrogens is 324 g/mol. The molecule has 0 aliphatic heterocycles. The third-order valence-corrected chi connectivity index (χ3v) is 4.69. The normalized spacial score (nSPS) is 16.5. The number of hydrogen-bond donors (Lipinski definition) is 0. The SMILES string of the molecule is C[C@H](CS(C)(=O)=O)N(C(=O)/C=C\c1c(F)cccc1F)C1CC1. The third-order valence-electron chi connectivity index (χ3n) is 3.61. The fourth-order valence-corrected chi connectivity index (χ4v) is 3.58. The van der Waals surface area contributed by atoms with Gasteiger partial charge in [0.05, 0.1) is 5.75 Å². The zero-order valence-corrected chi connectivity index (χ0v) is 13.8. The zero-order valence-electron chi connectivity index (χ0n) is 13.0. The van der Waals surface area contributed by atoms with Crippen LogP contribution in [0, 0.1) is 11.6 Å². The molecule has 1 fully saturated rings. The number of nitrogens with zero attached hydrogens (tertiary/aromatic N) is 1. The van der Waals surface area contributed by atoms with Crippen molar-refractivity contribution >= 4 is 21.8 Å². The number of amides is 1. The monoisotopic (exact) mass is 343 g/mol. The second-order valence-corrected chi connectivity index (χ2v) is 8.07. The lowest BCUT2D eigenvalue weighted by Crippen LogP contribution is -2.43. The molecule has 0 heterocycles. The molecule has 23 heavy (non-hydrogen) atoms. The van der Waals surface area contributed by atoms with Crippen molar-refractivity contribution in [2.24, 2.45) is 0 Å². The zero-order chi connectivity index (χ0) is 17.2. The van der Waals surface area contributed by atoms with E-state index in [4.69, 9.17) is 0 Å². The van der Waals surface area contributed by atoms with Crippen molar-refractivity contribution in [2.45, 2.75) is 31.8 Å². The van der Waals surface area contributed by atoms with Crippen molar-refractivity contribution in [3.05, 3.63) is 41.5 Å². The summed E-state index contributed by atoms with van der Waals surface area (Å²) < 4.78 is 50.0. The highest BCUT2D eigenvalue weighted by atomic mass is 32.2. The lowest BCUT2D eigenvalue weighted by molar-refractivity contribution is -0.128. The van der Waals surface area contributed by atoms with Gasteiger partial charge in [0.25, 0.3) is 0 Å². The smallest absolute Gasteiger partial charge is 0.247 e. The summed E-state index contributed by atoms with van der Waals surface area (Å²) >= 11 is 0. The van der Waals surface area contributed by atoms with Crippen LogP contribution < -0.4 is 0 Å². The Hall–Kier alpha value is -1.76. The van der Waals surface area contributed by atoms with Crippen LogP contribution in [0.3, 0.4) is 0 Å². The van der Waals surface area contributed by atoms with Gasteiger partial charge in [-0.1, -0.05) is 6.07 Å². The molecule has 1 aliphatic rings. The summed E-state index contributed by atoms with van der Waals surface area (Å²) in [6.07, 6.45) is 4.92. The van der Waals surface area contributed by atoms with E-state index < -0.39 is 33.4 Å². The molecule has 0 unspecified atom stereocenters. The van der Waals surface area contributed by atoms with Gasteiger partial charge in [-0.05, 0) is 38.0 Å². The fourth-order valence-electron chi connectivity index (χ4n) is 2.54. The van der Waals surface area contributed by atoms with Gasteiger partial charge in [0.15, 0.2) is 0 Å². The maximum absolute atomic E-state index is 13.6. The molecule has 2 rings (SSSR count). The third kappa shape index (κ3) is 4.86. The summed E-state index contributed by atoms with van der Waals surface area (Å²) in [4.78, 5) is 13.8. The first kappa shape index (κ1) is 17.6. The predicted molar refractivity (Wildman–Crippen MR) is 84.4 cm³/mol. The van der Waals surface area contributed by atoms with E-state index in [1.807, 2.05) is 0 Å². The van der Waals surface area contributed by atoms with E-state index in [0.29, 0.717) is 0 Å². The molecule has 1 amide bonds. The number of halogens is 2. The van der Waals surface area contributed by atoms with Gasteiger partial charge in [-0.2, -0.15) is 0 Å². The molecule has 0 N–H and O–H groups in total. The van der Waals surface area contributed by atoms with E-state index in [2.05, 4.69) is 0 Å². The first-order chi connectivity index (χ1) is 10.7. The Morgan fingerprint density at radius 2 is 1.91 bits per heavy atom. The molecule has 1 aromatic carbocycles. The Morgan fingerprint density at radius 3 is 2.39 bits per heavy atom. The van der Waals surface area contributed by atoms with Crippen LogP contribution in [0.1, 0.15) is 25.3 Å². The van der Waals surface area contributed by atoms with Crippen LogP contribution in [0.15, 0.2) is 24.3 Å². The number of sulfone groups is 1. The molecule has 1 atom stereocenters. The Labute approximate surface area is 134 Å². The van der Waals surface area contributed by atoms with E-state index in [-0.39, 0.29) is 17.4 Å². The van der Waals surface area contributed by atoms with E-state index in [1.165, 1.54) is 11.0 Å². The Balaban J connectivity index is 2.17. The number of carbonyl (C=O) groups excluding carboxylic acids is 1. The molecule has 7 heteroatoms. The first-order valence-corrected chi connectivity index (χ1v) is 9.37. The summed E-state index contributed by atoms with van der Waals surface area (Å²) in [5.41, 5.74) is -0.285. The van der Waals surface area contributed by atoms with E-state index >= 15 is 0 Å². The Morgan fingerprint density at radius 1 is 1.35 bits per heavy atom. The molecular formula is C16H19F2NO3S. The second-order valence-electron chi connectivity index (χ2n) is 5.89. The largest absolute Gasteiger partial charge is 0.332 e. The van der Waals surface area contributed by atoms with Gasteiger partial charge in [0, 0.05) is 30.0 Å². The second kappa shape index (κ2) is 6.78. The summed E-state index contributed by atoms with van der Waals surface area (Å²) in [5.74, 6) is -2.09.